The van der Waals surface area contributed by atoms with E-state index >= 15 is 0 Å². The van der Waals surface area contributed by atoms with Crippen LogP contribution in [-0.4, -0.2) is 31.7 Å². The van der Waals surface area contributed by atoms with Crippen LogP contribution in [0.1, 0.15) is 25.7 Å². The quantitative estimate of drug-likeness (QED) is 0.617. The average molecular weight is 493 g/mol. The Hall–Kier alpha value is -2.27. The van der Waals surface area contributed by atoms with Crippen molar-refractivity contribution in [3.8, 4) is 11.8 Å². The Bertz CT molecular complexity index is 1160. The van der Waals surface area contributed by atoms with Gasteiger partial charge in [-0.25, -0.2) is 8.42 Å². The van der Waals surface area contributed by atoms with Crippen molar-refractivity contribution in [2.45, 2.75) is 41.4 Å². The van der Waals surface area contributed by atoms with Crippen molar-refractivity contribution in [3.05, 3.63) is 58.6 Å². The minimum atomic E-state index is -3.74. The molecule has 0 heterocycles. The fourth-order valence-corrected chi connectivity index (χ4v) is 6.65. The number of benzene rings is 2. The van der Waals surface area contributed by atoms with Gasteiger partial charge in [0, 0.05) is 16.9 Å². The first-order valence-corrected chi connectivity index (χ1v) is 12.6. The highest BCUT2D eigenvalue weighted by molar-refractivity contribution is 7.92. The molecule has 0 aliphatic heterocycles. The monoisotopic (exact) mass is 492 g/mol. The fraction of sp³-hybridized carbons (Fsp3) is 0.391. The standard InChI is InChI=1S/C23H22Cl2N2O4S/c24-16-5-7-17(8-6-16)31-13-15-11-18(32(29,30)21-4-2-1-3-20(21)25)12-19(15)22(28)27-23(14-26)9-10-23/h1-8,15,18-19H,9-13H2,(H,27,28)/t15-,18-,19+/m0/s1. The Morgan fingerprint density at radius 3 is 2.44 bits per heavy atom. The second kappa shape index (κ2) is 8.93. The lowest BCUT2D eigenvalue weighted by Crippen LogP contribution is -2.41. The van der Waals surface area contributed by atoms with Crippen LogP contribution in [0.3, 0.4) is 0 Å². The molecule has 1 amide bonds. The number of carbonyl (C=O) groups excluding carboxylic acids is 1. The molecule has 2 aliphatic rings. The molecule has 9 heteroatoms. The second-order valence-electron chi connectivity index (χ2n) is 8.38. The van der Waals surface area contributed by atoms with Crippen LogP contribution in [0.2, 0.25) is 10.0 Å². The minimum Gasteiger partial charge on any atom is -0.493 e. The van der Waals surface area contributed by atoms with Gasteiger partial charge in [-0.2, -0.15) is 5.26 Å². The summed E-state index contributed by atoms with van der Waals surface area (Å²) in [7, 11) is -3.74. The molecule has 2 saturated carbocycles. The third-order valence-electron chi connectivity index (χ3n) is 6.17. The van der Waals surface area contributed by atoms with Gasteiger partial charge in [-0.3, -0.25) is 4.79 Å². The molecule has 4 rings (SSSR count). The van der Waals surface area contributed by atoms with Crippen LogP contribution < -0.4 is 10.1 Å². The molecule has 0 saturated heterocycles. The molecule has 1 N–H and O–H groups in total. The Labute approximate surface area is 197 Å². The zero-order valence-electron chi connectivity index (χ0n) is 17.1. The molecule has 3 atom stereocenters. The van der Waals surface area contributed by atoms with E-state index in [1.807, 2.05) is 0 Å². The van der Waals surface area contributed by atoms with Gasteiger partial charge < -0.3 is 10.1 Å². The van der Waals surface area contributed by atoms with Gasteiger partial charge in [-0.05, 0) is 62.1 Å². The van der Waals surface area contributed by atoms with Gasteiger partial charge in [0.15, 0.2) is 9.84 Å². The molecular formula is C23H22Cl2N2O4S. The van der Waals surface area contributed by atoms with Gasteiger partial charge in [0.05, 0.1) is 27.8 Å². The van der Waals surface area contributed by atoms with Gasteiger partial charge in [-0.15, -0.1) is 0 Å². The number of hydrogen-bond donors (Lipinski definition) is 1. The van der Waals surface area contributed by atoms with E-state index in [1.165, 1.54) is 6.07 Å². The number of hydrogen-bond acceptors (Lipinski definition) is 5. The van der Waals surface area contributed by atoms with E-state index in [2.05, 4.69) is 11.4 Å². The Kier molecular flexibility index (Phi) is 6.39. The predicted octanol–water partition coefficient (Wildman–Crippen LogP) is 4.41. The maximum atomic E-state index is 13.3. The third kappa shape index (κ3) is 4.73. The highest BCUT2D eigenvalue weighted by Crippen LogP contribution is 2.42. The van der Waals surface area contributed by atoms with E-state index in [4.69, 9.17) is 27.9 Å². The highest BCUT2D eigenvalue weighted by atomic mass is 35.5. The molecule has 0 unspecified atom stereocenters. The van der Waals surface area contributed by atoms with Crippen LogP contribution >= 0.6 is 23.2 Å². The smallest absolute Gasteiger partial charge is 0.224 e. The topological polar surface area (TPSA) is 96.3 Å². The van der Waals surface area contributed by atoms with Gasteiger partial charge >= 0.3 is 0 Å². The molecule has 0 bridgehead atoms. The van der Waals surface area contributed by atoms with Gasteiger partial charge in [0.25, 0.3) is 0 Å². The van der Waals surface area contributed by atoms with Crippen molar-refractivity contribution in [2.24, 2.45) is 11.8 Å². The summed E-state index contributed by atoms with van der Waals surface area (Å²) in [6.45, 7) is 0.174. The van der Waals surface area contributed by atoms with E-state index in [0.717, 1.165) is 0 Å². The van der Waals surface area contributed by atoms with Gasteiger partial charge in [0.1, 0.15) is 11.3 Å². The lowest BCUT2D eigenvalue weighted by Gasteiger charge is -2.21. The van der Waals surface area contributed by atoms with E-state index in [1.54, 1.807) is 42.5 Å². The molecular weight excluding hydrogens is 471 g/mol. The van der Waals surface area contributed by atoms with Gasteiger partial charge in [0.2, 0.25) is 5.91 Å². The van der Waals surface area contributed by atoms with E-state index in [-0.39, 0.29) is 41.2 Å². The maximum absolute atomic E-state index is 13.3. The molecule has 168 valence electrons. The van der Waals surface area contributed by atoms with E-state index in [9.17, 15) is 18.5 Å². The number of sulfone groups is 1. The summed E-state index contributed by atoms with van der Waals surface area (Å²) < 4.78 is 32.5. The summed E-state index contributed by atoms with van der Waals surface area (Å²) in [5.41, 5.74) is -0.821. The number of nitrogens with zero attached hydrogens (tertiary/aromatic N) is 1. The normalized spacial score (nSPS) is 23.8. The van der Waals surface area contributed by atoms with Crippen molar-refractivity contribution in [1.82, 2.24) is 5.32 Å². The number of ether oxygens (including phenoxy) is 1. The van der Waals surface area contributed by atoms with Crippen molar-refractivity contribution in [3.63, 3.8) is 0 Å². The maximum Gasteiger partial charge on any atom is 0.224 e. The first kappa shape index (κ1) is 22.9. The molecule has 0 aromatic heterocycles. The Balaban J connectivity index is 1.55. The molecule has 0 spiro atoms. The number of nitrogens with one attached hydrogen (secondary N) is 1. The summed E-state index contributed by atoms with van der Waals surface area (Å²) in [5, 5.41) is 12.1. The number of amides is 1. The van der Waals surface area contributed by atoms with Crippen LogP contribution in [0.4, 0.5) is 0 Å². The number of rotatable bonds is 7. The largest absolute Gasteiger partial charge is 0.493 e. The molecule has 2 aromatic carbocycles. The summed E-state index contributed by atoms with van der Waals surface area (Å²) in [6.07, 6.45) is 1.62. The molecule has 2 aromatic rings. The summed E-state index contributed by atoms with van der Waals surface area (Å²) in [6, 6.07) is 15.3. The molecule has 2 fully saturated rings. The number of nitriles is 1. The van der Waals surface area contributed by atoms with Crippen LogP contribution in [-0.2, 0) is 14.6 Å². The van der Waals surface area contributed by atoms with Crippen LogP contribution in [0.25, 0.3) is 0 Å². The molecule has 32 heavy (non-hydrogen) atoms. The van der Waals surface area contributed by atoms with Crippen molar-refractivity contribution < 1.29 is 17.9 Å². The summed E-state index contributed by atoms with van der Waals surface area (Å²) in [5.74, 6) is -0.634. The second-order valence-corrected chi connectivity index (χ2v) is 11.4. The van der Waals surface area contributed by atoms with E-state index in [0.29, 0.717) is 23.6 Å². The molecule has 2 aliphatic carbocycles. The average Bonchev–Trinajstić information content (AvgIpc) is 3.40. The summed E-state index contributed by atoms with van der Waals surface area (Å²) in [4.78, 5) is 13.1. The van der Waals surface area contributed by atoms with Gasteiger partial charge in [-0.1, -0.05) is 35.3 Å². The van der Waals surface area contributed by atoms with Crippen LogP contribution in [0.15, 0.2) is 53.4 Å². The number of halogens is 2. The Morgan fingerprint density at radius 1 is 1.12 bits per heavy atom. The zero-order chi connectivity index (χ0) is 22.9. The fourth-order valence-electron chi connectivity index (χ4n) is 4.14. The van der Waals surface area contributed by atoms with Crippen LogP contribution in [0.5, 0.6) is 5.75 Å². The number of carbonyl (C=O) groups is 1. The zero-order valence-corrected chi connectivity index (χ0v) is 19.5. The van der Waals surface area contributed by atoms with Crippen molar-refractivity contribution >= 4 is 38.9 Å². The van der Waals surface area contributed by atoms with Crippen molar-refractivity contribution in [1.29, 1.82) is 5.26 Å². The first-order valence-electron chi connectivity index (χ1n) is 10.3. The van der Waals surface area contributed by atoms with Crippen molar-refractivity contribution in [2.75, 3.05) is 6.61 Å². The first-order chi connectivity index (χ1) is 15.2. The highest BCUT2D eigenvalue weighted by Gasteiger charge is 2.50. The lowest BCUT2D eigenvalue weighted by atomic mass is 9.95. The minimum absolute atomic E-state index is 0.0702. The van der Waals surface area contributed by atoms with Crippen LogP contribution in [0, 0.1) is 23.2 Å². The lowest BCUT2D eigenvalue weighted by molar-refractivity contribution is -0.127. The predicted molar refractivity (Wildman–Crippen MR) is 121 cm³/mol. The SMILES string of the molecule is N#CC1(NC(=O)[C@@H]2C[C@@H](S(=O)(=O)c3ccccc3Cl)C[C@H]2COc2ccc(Cl)cc2)CC1. The molecule has 0 radical (unpaired) electrons. The summed E-state index contributed by atoms with van der Waals surface area (Å²) >= 11 is 12.1. The Morgan fingerprint density at radius 2 is 1.81 bits per heavy atom. The van der Waals surface area contributed by atoms with E-state index < -0.39 is 26.5 Å². The molecule has 6 nitrogen and oxygen atoms in total. The third-order valence-corrected chi connectivity index (χ3v) is 9.10.